The average molecular weight is 450 g/mol. The Balaban J connectivity index is 1.46. The highest BCUT2D eigenvalue weighted by atomic mass is 16.5. The third-order valence-corrected chi connectivity index (χ3v) is 5.13. The van der Waals surface area contributed by atoms with Gasteiger partial charge in [-0.1, -0.05) is 30.3 Å². The van der Waals surface area contributed by atoms with Crippen LogP contribution >= 0.6 is 0 Å². The summed E-state index contributed by atoms with van der Waals surface area (Å²) in [5.74, 6) is -1.62. The second kappa shape index (κ2) is 10.5. The number of nitrogens with zero attached hydrogens (tertiary/aromatic N) is 2. The van der Waals surface area contributed by atoms with E-state index in [-0.39, 0.29) is 31.0 Å². The molecule has 9 heteroatoms. The van der Waals surface area contributed by atoms with Crippen LogP contribution in [0.1, 0.15) is 24.5 Å². The molecule has 1 unspecified atom stereocenters. The van der Waals surface area contributed by atoms with E-state index in [9.17, 15) is 19.2 Å². The van der Waals surface area contributed by atoms with E-state index in [1.807, 2.05) is 32.0 Å². The lowest BCUT2D eigenvalue weighted by molar-refractivity contribution is -0.155. The van der Waals surface area contributed by atoms with Gasteiger partial charge < -0.3 is 15.4 Å². The summed E-state index contributed by atoms with van der Waals surface area (Å²) in [5, 5.41) is 5.69. The predicted molar refractivity (Wildman–Crippen MR) is 124 cm³/mol. The van der Waals surface area contributed by atoms with Gasteiger partial charge in [-0.2, -0.15) is 0 Å². The fraction of sp³-hybridized carbons (Fsp3) is 0.292. The first-order valence-electron chi connectivity index (χ1n) is 10.5. The summed E-state index contributed by atoms with van der Waals surface area (Å²) < 4.78 is 6.46. The fourth-order valence-electron chi connectivity index (χ4n) is 3.29. The molecule has 1 heterocycles. The summed E-state index contributed by atoms with van der Waals surface area (Å²) in [6.07, 6.45) is 0.185. The van der Waals surface area contributed by atoms with E-state index in [4.69, 9.17) is 4.74 Å². The van der Waals surface area contributed by atoms with Crippen molar-refractivity contribution in [1.82, 2.24) is 14.9 Å². The first-order valence-corrected chi connectivity index (χ1v) is 10.5. The highest BCUT2D eigenvalue weighted by Crippen LogP contribution is 2.19. The number of nitrogens with one attached hydrogen (secondary N) is 2. The quantitative estimate of drug-likeness (QED) is 0.507. The van der Waals surface area contributed by atoms with Gasteiger partial charge in [0.2, 0.25) is 5.91 Å². The van der Waals surface area contributed by atoms with Crippen LogP contribution in [0.5, 0.6) is 0 Å². The van der Waals surface area contributed by atoms with Crippen molar-refractivity contribution in [2.75, 3.05) is 11.9 Å². The van der Waals surface area contributed by atoms with Crippen molar-refractivity contribution in [3.63, 3.8) is 0 Å². The number of benzene rings is 2. The van der Waals surface area contributed by atoms with Gasteiger partial charge >= 0.3 is 5.97 Å². The minimum Gasteiger partial charge on any atom is -0.452 e. The molecule has 2 amide bonds. The maximum absolute atomic E-state index is 12.5. The van der Waals surface area contributed by atoms with Crippen LogP contribution in [-0.2, 0) is 25.7 Å². The van der Waals surface area contributed by atoms with Gasteiger partial charge in [0.15, 0.2) is 6.10 Å². The number of aromatic nitrogens is 2. The van der Waals surface area contributed by atoms with E-state index in [1.165, 1.54) is 17.8 Å². The van der Waals surface area contributed by atoms with Crippen molar-refractivity contribution >= 4 is 34.4 Å². The van der Waals surface area contributed by atoms with Gasteiger partial charge in [0.1, 0.15) is 0 Å². The van der Waals surface area contributed by atoms with Crippen LogP contribution < -0.4 is 16.2 Å². The Morgan fingerprint density at radius 3 is 2.48 bits per heavy atom. The molecule has 0 aliphatic rings. The monoisotopic (exact) mass is 450 g/mol. The number of hydrogen-bond donors (Lipinski definition) is 2. The molecule has 172 valence electrons. The molecule has 2 N–H and O–H groups in total. The number of fused-ring (bicyclic) bond motifs is 1. The zero-order valence-corrected chi connectivity index (χ0v) is 18.8. The van der Waals surface area contributed by atoms with E-state index in [1.54, 1.807) is 24.3 Å². The third-order valence-electron chi connectivity index (χ3n) is 5.13. The van der Waals surface area contributed by atoms with Gasteiger partial charge in [-0.25, -0.2) is 4.98 Å². The molecule has 3 rings (SSSR count). The van der Waals surface area contributed by atoms with E-state index in [2.05, 4.69) is 15.6 Å². The summed E-state index contributed by atoms with van der Waals surface area (Å²) in [5.41, 5.74) is 2.85. The lowest BCUT2D eigenvalue weighted by atomic mass is 10.1. The number of carbonyl (C=O) groups is 3. The molecule has 3 aromatic rings. The summed E-state index contributed by atoms with van der Waals surface area (Å²) >= 11 is 0. The van der Waals surface area contributed by atoms with Crippen LogP contribution in [0.25, 0.3) is 10.9 Å². The van der Waals surface area contributed by atoms with Crippen molar-refractivity contribution in [2.24, 2.45) is 0 Å². The van der Waals surface area contributed by atoms with Crippen molar-refractivity contribution in [2.45, 2.75) is 39.8 Å². The summed E-state index contributed by atoms with van der Waals surface area (Å²) in [6.45, 7) is 4.99. The third kappa shape index (κ3) is 6.03. The molecule has 1 atom stereocenters. The SMILES string of the molecule is Cc1cccc(C)c1NC(=O)CNC(=O)C(C)OC(=O)CCn1cnc2ccccc2c1=O. The Morgan fingerprint density at radius 1 is 1.06 bits per heavy atom. The number of amides is 2. The number of hydrogen-bond acceptors (Lipinski definition) is 6. The molecule has 0 radical (unpaired) electrons. The second-order valence-corrected chi connectivity index (χ2v) is 7.68. The normalized spacial score (nSPS) is 11.6. The van der Waals surface area contributed by atoms with Gasteiger partial charge in [-0.05, 0) is 44.0 Å². The zero-order valence-electron chi connectivity index (χ0n) is 18.8. The number of esters is 1. The molecule has 0 aliphatic carbocycles. The predicted octanol–water partition coefficient (Wildman–Crippen LogP) is 2.09. The average Bonchev–Trinajstić information content (AvgIpc) is 2.79. The Labute approximate surface area is 190 Å². The van der Waals surface area contributed by atoms with Crippen LogP contribution in [0.3, 0.4) is 0 Å². The van der Waals surface area contributed by atoms with Crippen molar-refractivity contribution in [1.29, 1.82) is 0 Å². The topological polar surface area (TPSA) is 119 Å². The molecule has 0 saturated carbocycles. The smallest absolute Gasteiger partial charge is 0.308 e. The molecule has 9 nitrogen and oxygen atoms in total. The lowest BCUT2D eigenvalue weighted by Gasteiger charge is -2.15. The number of para-hydroxylation sites is 2. The Morgan fingerprint density at radius 2 is 1.76 bits per heavy atom. The van der Waals surface area contributed by atoms with Crippen molar-refractivity contribution in [3.05, 3.63) is 70.3 Å². The van der Waals surface area contributed by atoms with Crippen LogP contribution in [0.4, 0.5) is 5.69 Å². The Bertz CT molecular complexity index is 1230. The molecule has 0 saturated heterocycles. The van der Waals surface area contributed by atoms with E-state index in [0.717, 1.165) is 11.1 Å². The van der Waals surface area contributed by atoms with Gasteiger partial charge in [-0.3, -0.25) is 23.7 Å². The molecule has 2 aromatic carbocycles. The molecule has 0 bridgehead atoms. The molecule has 1 aromatic heterocycles. The van der Waals surface area contributed by atoms with Gasteiger partial charge in [-0.15, -0.1) is 0 Å². The Kier molecular flexibility index (Phi) is 7.55. The van der Waals surface area contributed by atoms with Crippen LogP contribution in [-0.4, -0.2) is 40.0 Å². The molecule has 0 aliphatic heterocycles. The molecule has 0 spiro atoms. The van der Waals surface area contributed by atoms with E-state index < -0.39 is 18.0 Å². The minimum absolute atomic E-state index is 0.0715. The first-order chi connectivity index (χ1) is 15.8. The number of ether oxygens (including phenoxy) is 1. The summed E-state index contributed by atoms with van der Waals surface area (Å²) in [6, 6.07) is 12.6. The highest BCUT2D eigenvalue weighted by molar-refractivity contribution is 5.96. The van der Waals surface area contributed by atoms with Gasteiger partial charge in [0.05, 0.1) is 30.2 Å². The molecule has 33 heavy (non-hydrogen) atoms. The van der Waals surface area contributed by atoms with Crippen LogP contribution in [0.15, 0.2) is 53.6 Å². The Hall–Kier alpha value is -4.01. The summed E-state index contributed by atoms with van der Waals surface area (Å²) in [4.78, 5) is 53.2. The largest absolute Gasteiger partial charge is 0.452 e. The number of rotatable bonds is 8. The highest BCUT2D eigenvalue weighted by Gasteiger charge is 2.19. The first kappa shape index (κ1) is 23.6. The zero-order chi connectivity index (χ0) is 24.0. The molecular weight excluding hydrogens is 424 g/mol. The maximum atomic E-state index is 12.5. The maximum Gasteiger partial charge on any atom is 0.308 e. The molecule has 0 fully saturated rings. The number of aryl methyl sites for hydroxylation is 3. The molecular formula is C24H26N4O5. The van der Waals surface area contributed by atoms with Gasteiger partial charge in [0, 0.05) is 12.2 Å². The summed E-state index contributed by atoms with van der Waals surface area (Å²) in [7, 11) is 0. The van der Waals surface area contributed by atoms with Crippen LogP contribution in [0, 0.1) is 13.8 Å². The van der Waals surface area contributed by atoms with Crippen molar-refractivity contribution in [3.8, 4) is 0 Å². The van der Waals surface area contributed by atoms with Gasteiger partial charge in [0.25, 0.3) is 11.5 Å². The standard InChI is InChI=1S/C24H26N4O5/c1-15-7-6-8-16(2)22(15)27-20(29)13-25-23(31)17(3)33-21(30)11-12-28-14-26-19-10-5-4-9-18(19)24(28)32/h4-10,14,17H,11-13H2,1-3H3,(H,25,31)(H,27,29). The number of anilines is 1. The fourth-order valence-corrected chi connectivity index (χ4v) is 3.29. The minimum atomic E-state index is -1.09. The lowest BCUT2D eigenvalue weighted by Crippen LogP contribution is -2.40. The van der Waals surface area contributed by atoms with E-state index in [0.29, 0.717) is 16.6 Å². The van der Waals surface area contributed by atoms with Crippen molar-refractivity contribution < 1.29 is 19.1 Å². The number of carbonyl (C=O) groups excluding carboxylic acids is 3. The van der Waals surface area contributed by atoms with E-state index >= 15 is 0 Å². The second-order valence-electron chi connectivity index (χ2n) is 7.68. The van der Waals surface area contributed by atoms with Crippen LogP contribution in [0.2, 0.25) is 0 Å².